The molecule has 26 heavy (non-hydrogen) atoms. The maximum Gasteiger partial charge on any atom is 0.232 e. The molecule has 0 atom stereocenters. The minimum Gasteiger partial charge on any atom is -0.467 e. The third kappa shape index (κ3) is 4.25. The third-order valence-corrected chi connectivity index (χ3v) is 4.90. The minimum absolute atomic E-state index is 0.121. The number of carbonyl (C=O) groups excluding carboxylic acids is 2. The van der Waals surface area contributed by atoms with E-state index in [9.17, 15) is 9.59 Å². The summed E-state index contributed by atoms with van der Waals surface area (Å²) < 4.78 is 5.16. The largest absolute Gasteiger partial charge is 0.467 e. The lowest BCUT2D eigenvalue weighted by molar-refractivity contribution is -0.136. The Bertz CT molecular complexity index is 763. The van der Waals surface area contributed by atoms with Crippen LogP contribution in [0.15, 0.2) is 41.0 Å². The summed E-state index contributed by atoms with van der Waals surface area (Å²) in [6, 6.07) is 9.86. The molecule has 0 unspecified atom stereocenters. The predicted molar refractivity (Wildman–Crippen MR) is 99.9 cm³/mol. The molecule has 0 aliphatic carbocycles. The SMILES string of the molecule is Cc1cccc(N2CCN(C(=O)CC(=O)NCc3ccco3)CC2)c1C. The lowest BCUT2D eigenvalue weighted by Gasteiger charge is -2.37. The van der Waals surface area contributed by atoms with Crippen molar-refractivity contribution < 1.29 is 14.0 Å². The predicted octanol–water partition coefficient (Wildman–Crippen LogP) is 2.25. The quantitative estimate of drug-likeness (QED) is 0.836. The summed E-state index contributed by atoms with van der Waals surface area (Å²) in [5, 5.41) is 2.71. The van der Waals surface area contributed by atoms with Crippen molar-refractivity contribution in [3.63, 3.8) is 0 Å². The summed E-state index contributed by atoms with van der Waals surface area (Å²) in [5.41, 5.74) is 3.78. The van der Waals surface area contributed by atoms with Gasteiger partial charge in [-0.1, -0.05) is 12.1 Å². The highest BCUT2D eigenvalue weighted by Crippen LogP contribution is 2.23. The molecule has 1 saturated heterocycles. The molecule has 3 rings (SSSR count). The first-order chi connectivity index (χ1) is 12.5. The Balaban J connectivity index is 1.47. The Kier molecular flexibility index (Phi) is 5.61. The van der Waals surface area contributed by atoms with Crippen molar-refractivity contribution in [2.45, 2.75) is 26.8 Å². The zero-order valence-corrected chi connectivity index (χ0v) is 15.3. The molecular formula is C20H25N3O3. The third-order valence-electron chi connectivity index (χ3n) is 4.90. The first-order valence-electron chi connectivity index (χ1n) is 8.92. The number of carbonyl (C=O) groups is 2. The van der Waals surface area contributed by atoms with Gasteiger partial charge in [0.2, 0.25) is 11.8 Å². The summed E-state index contributed by atoms with van der Waals surface area (Å²) in [7, 11) is 0. The fraction of sp³-hybridized carbons (Fsp3) is 0.400. The van der Waals surface area contributed by atoms with Crippen LogP contribution in [-0.4, -0.2) is 42.9 Å². The van der Waals surface area contributed by atoms with Gasteiger partial charge in [0.25, 0.3) is 0 Å². The molecule has 0 bridgehead atoms. The molecule has 1 aromatic heterocycles. The minimum atomic E-state index is -0.275. The maximum absolute atomic E-state index is 12.4. The number of nitrogens with zero attached hydrogens (tertiary/aromatic N) is 2. The Labute approximate surface area is 153 Å². The Morgan fingerprint density at radius 2 is 1.85 bits per heavy atom. The van der Waals surface area contributed by atoms with Crippen molar-refractivity contribution >= 4 is 17.5 Å². The second-order valence-electron chi connectivity index (χ2n) is 6.62. The average Bonchev–Trinajstić information content (AvgIpc) is 3.16. The van der Waals surface area contributed by atoms with E-state index in [-0.39, 0.29) is 18.2 Å². The number of hydrogen-bond donors (Lipinski definition) is 1. The van der Waals surface area contributed by atoms with Crippen LogP contribution in [0, 0.1) is 13.8 Å². The smallest absolute Gasteiger partial charge is 0.232 e. The van der Waals surface area contributed by atoms with E-state index in [1.165, 1.54) is 16.8 Å². The number of amides is 2. The summed E-state index contributed by atoms with van der Waals surface area (Å²) in [4.78, 5) is 28.4. The molecule has 6 heteroatoms. The van der Waals surface area contributed by atoms with Crippen molar-refractivity contribution in [2.24, 2.45) is 0 Å². The van der Waals surface area contributed by atoms with Crippen LogP contribution < -0.4 is 10.2 Å². The molecule has 6 nitrogen and oxygen atoms in total. The summed E-state index contributed by atoms with van der Waals surface area (Å²) in [6.07, 6.45) is 1.44. The first kappa shape index (κ1) is 18.0. The topological polar surface area (TPSA) is 65.8 Å². The van der Waals surface area contributed by atoms with Gasteiger partial charge < -0.3 is 19.5 Å². The van der Waals surface area contributed by atoms with Crippen LogP contribution in [0.3, 0.4) is 0 Å². The first-order valence-corrected chi connectivity index (χ1v) is 8.92. The molecule has 0 saturated carbocycles. The number of benzene rings is 1. The van der Waals surface area contributed by atoms with E-state index in [0.717, 1.165) is 13.1 Å². The van der Waals surface area contributed by atoms with E-state index in [2.05, 4.69) is 42.3 Å². The van der Waals surface area contributed by atoms with Crippen LogP contribution in [-0.2, 0) is 16.1 Å². The van der Waals surface area contributed by atoms with Gasteiger partial charge in [0.15, 0.2) is 0 Å². The molecule has 2 heterocycles. The van der Waals surface area contributed by atoms with Gasteiger partial charge in [-0.05, 0) is 43.2 Å². The summed E-state index contributed by atoms with van der Waals surface area (Å²) in [5.74, 6) is 0.277. The van der Waals surface area contributed by atoms with Gasteiger partial charge in [0.1, 0.15) is 12.2 Å². The van der Waals surface area contributed by atoms with Crippen molar-refractivity contribution in [2.75, 3.05) is 31.1 Å². The van der Waals surface area contributed by atoms with Crippen molar-refractivity contribution in [3.8, 4) is 0 Å². The lowest BCUT2D eigenvalue weighted by atomic mass is 10.1. The standard InChI is InChI=1S/C20H25N3O3/c1-15-5-3-7-18(16(15)2)22-8-10-23(11-9-22)20(25)13-19(24)21-14-17-6-4-12-26-17/h3-7,12H,8-11,13-14H2,1-2H3,(H,21,24). The van der Waals surface area contributed by atoms with E-state index in [1.807, 2.05) is 0 Å². The van der Waals surface area contributed by atoms with Crippen LogP contribution in [0.4, 0.5) is 5.69 Å². The van der Waals surface area contributed by atoms with Crippen LogP contribution in [0.1, 0.15) is 23.3 Å². The zero-order valence-electron chi connectivity index (χ0n) is 15.3. The Morgan fingerprint density at radius 1 is 1.08 bits per heavy atom. The van der Waals surface area contributed by atoms with Gasteiger partial charge in [-0.3, -0.25) is 9.59 Å². The molecular weight excluding hydrogens is 330 g/mol. The van der Waals surface area contributed by atoms with Gasteiger partial charge in [-0.25, -0.2) is 0 Å². The van der Waals surface area contributed by atoms with Gasteiger partial charge in [-0.2, -0.15) is 0 Å². The lowest BCUT2D eigenvalue weighted by Crippen LogP contribution is -2.49. The number of nitrogens with one attached hydrogen (secondary N) is 1. The number of piperazine rings is 1. The van der Waals surface area contributed by atoms with E-state index in [0.29, 0.717) is 25.4 Å². The van der Waals surface area contributed by atoms with Crippen LogP contribution in [0.5, 0.6) is 0 Å². The fourth-order valence-electron chi connectivity index (χ4n) is 3.19. The second-order valence-corrected chi connectivity index (χ2v) is 6.62. The molecule has 1 aromatic carbocycles. The molecule has 1 aliphatic rings. The average molecular weight is 355 g/mol. The highest BCUT2D eigenvalue weighted by Gasteiger charge is 2.23. The molecule has 1 fully saturated rings. The van der Waals surface area contributed by atoms with Gasteiger partial charge >= 0.3 is 0 Å². The van der Waals surface area contributed by atoms with E-state index < -0.39 is 0 Å². The maximum atomic E-state index is 12.4. The number of rotatable bonds is 5. The highest BCUT2D eigenvalue weighted by atomic mass is 16.3. The molecule has 2 amide bonds. The number of furan rings is 1. The number of aryl methyl sites for hydroxylation is 1. The second kappa shape index (κ2) is 8.08. The number of anilines is 1. The summed E-state index contributed by atoms with van der Waals surface area (Å²) >= 11 is 0. The van der Waals surface area contributed by atoms with Gasteiger partial charge in [0.05, 0.1) is 12.8 Å². The fourth-order valence-corrected chi connectivity index (χ4v) is 3.19. The van der Waals surface area contributed by atoms with Crippen LogP contribution in [0.25, 0.3) is 0 Å². The molecule has 2 aromatic rings. The Hall–Kier alpha value is -2.76. The van der Waals surface area contributed by atoms with Crippen molar-refractivity contribution in [3.05, 3.63) is 53.5 Å². The Morgan fingerprint density at radius 3 is 2.54 bits per heavy atom. The zero-order chi connectivity index (χ0) is 18.5. The van der Waals surface area contributed by atoms with Gasteiger partial charge in [0, 0.05) is 31.9 Å². The summed E-state index contributed by atoms with van der Waals surface area (Å²) in [6.45, 7) is 7.38. The highest BCUT2D eigenvalue weighted by molar-refractivity contribution is 5.96. The molecule has 0 spiro atoms. The molecule has 0 radical (unpaired) electrons. The molecule has 1 aliphatic heterocycles. The number of hydrogen-bond acceptors (Lipinski definition) is 4. The van der Waals surface area contributed by atoms with Crippen LogP contribution >= 0.6 is 0 Å². The van der Waals surface area contributed by atoms with Gasteiger partial charge in [-0.15, -0.1) is 0 Å². The van der Waals surface area contributed by atoms with Crippen molar-refractivity contribution in [1.29, 1.82) is 0 Å². The van der Waals surface area contributed by atoms with Crippen molar-refractivity contribution in [1.82, 2.24) is 10.2 Å². The van der Waals surface area contributed by atoms with E-state index in [1.54, 1.807) is 23.3 Å². The molecule has 138 valence electrons. The molecule has 1 N–H and O–H groups in total. The normalized spacial score (nSPS) is 14.4. The van der Waals surface area contributed by atoms with E-state index >= 15 is 0 Å². The van der Waals surface area contributed by atoms with E-state index in [4.69, 9.17) is 4.42 Å². The van der Waals surface area contributed by atoms with Crippen LogP contribution in [0.2, 0.25) is 0 Å². The monoisotopic (exact) mass is 355 g/mol.